The number of hydrogen-bond acceptors (Lipinski definition) is 8. The van der Waals surface area contributed by atoms with E-state index in [-0.39, 0.29) is 34.4 Å². The summed E-state index contributed by atoms with van der Waals surface area (Å²) in [4.78, 5) is 35.8. The van der Waals surface area contributed by atoms with E-state index in [4.69, 9.17) is 4.42 Å². The Bertz CT molecular complexity index is 1230. The van der Waals surface area contributed by atoms with Crippen LogP contribution in [0.5, 0.6) is 0 Å². The first-order chi connectivity index (χ1) is 14.8. The maximum Gasteiger partial charge on any atom is 0.302 e. The third-order valence-corrected chi connectivity index (χ3v) is 5.70. The summed E-state index contributed by atoms with van der Waals surface area (Å²) in [6.07, 6.45) is 4.24. The summed E-state index contributed by atoms with van der Waals surface area (Å²) in [7, 11) is -3.89. The number of benzene rings is 1. The second kappa shape index (κ2) is 8.14. The summed E-state index contributed by atoms with van der Waals surface area (Å²) < 4.78 is 32.3. The molecule has 3 N–H and O–H groups in total. The van der Waals surface area contributed by atoms with E-state index in [0.717, 1.165) is 19.1 Å². The summed E-state index contributed by atoms with van der Waals surface area (Å²) in [6, 6.07) is 7.12. The van der Waals surface area contributed by atoms with Crippen molar-refractivity contribution < 1.29 is 22.4 Å². The number of aryl methyl sites for hydroxylation is 1. The number of nitrogens with one attached hydrogen (secondary N) is 3. The number of aromatic nitrogens is 3. The van der Waals surface area contributed by atoms with E-state index in [9.17, 15) is 18.0 Å². The average Bonchev–Trinajstić information content (AvgIpc) is 3.47. The second-order valence-electron chi connectivity index (χ2n) is 6.91. The van der Waals surface area contributed by atoms with Crippen molar-refractivity contribution in [1.29, 1.82) is 0 Å². The fourth-order valence-corrected chi connectivity index (χ4v) is 3.53. The van der Waals surface area contributed by atoms with Gasteiger partial charge in [-0.05, 0) is 50.1 Å². The van der Waals surface area contributed by atoms with Crippen molar-refractivity contribution in [3.63, 3.8) is 0 Å². The molecule has 0 saturated heterocycles. The molecule has 1 aromatic carbocycles. The predicted octanol–water partition coefficient (Wildman–Crippen LogP) is 2.17. The number of rotatable bonds is 7. The molecule has 0 aliphatic heterocycles. The molecule has 0 bridgehead atoms. The lowest BCUT2D eigenvalue weighted by Gasteiger charge is -2.08. The molecule has 0 radical (unpaired) electrons. The van der Waals surface area contributed by atoms with Crippen LogP contribution in [-0.2, 0) is 14.8 Å². The highest BCUT2D eigenvalue weighted by molar-refractivity contribution is 7.92. The Morgan fingerprint density at radius 3 is 2.48 bits per heavy atom. The van der Waals surface area contributed by atoms with Gasteiger partial charge in [0, 0.05) is 23.5 Å². The topological polar surface area (TPSA) is 156 Å². The van der Waals surface area contributed by atoms with Gasteiger partial charge >= 0.3 is 6.01 Å². The van der Waals surface area contributed by atoms with E-state index in [1.807, 2.05) is 0 Å². The van der Waals surface area contributed by atoms with Crippen molar-refractivity contribution in [3.05, 3.63) is 54.2 Å². The molecule has 2 aromatic heterocycles. The van der Waals surface area contributed by atoms with Crippen LogP contribution < -0.4 is 15.4 Å². The van der Waals surface area contributed by atoms with Crippen LogP contribution in [0.15, 0.2) is 52.1 Å². The first kappa shape index (κ1) is 20.5. The van der Waals surface area contributed by atoms with E-state index < -0.39 is 15.9 Å². The fraction of sp³-hybridized carbons (Fsp3) is 0.211. The zero-order valence-electron chi connectivity index (χ0n) is 16.3. The Balaban J connectivity index is 1.39. The van der Waals surface area contributed by atoms with Gasteiger partial charge in [0.05, 0.1) is 4.90 Å². The molecule has 12 heteroatoms. The maximum absolute atomic E-state index is 12.5. The third kappa shape index (κ3) is 5.04. The molecular formula is C19H18N6O5S. The summed E-state index contributed by atoms with van der Waals surface area (Å²) in [6.45, 7) is 1.72. The van der Waals surface area contributed by atoms with Crippen LogP contribution >= 0.6 is 0 Å². The van der Waals surface area contributed by atoms with Gasteiger partial charge in [0.15, 0.2) is 5.69 Å². The lowest BCUT2D eigenvalue weighted by Crippen LogP contribution is -2.16. The van der Waals surface area contributed by atoms with E-state index in [1.54, 1.807) is 13.0 Å². The number of carbonyl (C=O) groups excluding carboxylic acids is 2. The number of anilines is 3. The first-order valence-corrected chi connectivity index (χ1v) is 10.8. The number of nitrogens with zero attached hydrogens (tertiary/aromatic N) is 3. The van der Waals surface area contributed by atoms with Crippen molar-refractivity contribution in [1.82, 2.24) is 15.0 Å². The quantitative estimate of drug-likeness (QED) is 0.502. The molecule has 2 heterocycles. The van der Waals surface area contributed by atoms with Gasteiger partial charge in [-0.3, -0.25) is 14.9 Å². The van der Waals surface area contributed by atoms with Crippen LogP contribution in [0.1, 0.15) is 29.0 Å². The Hall–Kier alpha value is -3.80. The third-order valence-electron chi connectivity index (χ3n) is 4.36. The Labute approximate surface area is 177 Å². The van der Waals surface area contributed by atoms with Gasteiger partial charge in [-0.1, -0.05) is 0 Å². The molecule has 0 atom stereocenters. The van der Waals surface area contributed by atoms with Gasteiger partial charge in [-0.25, -0.2) is 23.1 Å². The van der Waals surface area contributed by atoms with Crippen LogP contribution in [0.2, 0.25) is 0 Å². The molecule has 2 amide bonds. The van der Waals surface area contributed by atoms with E-state index in [2.05, 4.69) is 30.3 Å². The van der Waals surface area contributed by atoms with Gasteiger partial charge in [0.25, 0.3) is 15.9 Å². The first-order valence-electron chi connectivity index (χ1n) is 9.30. The number of hydrogen-bond donors (Lipinski definition) is 3. The van der Waals surface area contributed by atoms with Crippen LogP contribution in [0.4, 0.5) is 17.7 Å². The van der Waals surface area contributed by atoms with Crippen molar-refractivity contribution in [2.24, 2.45) is 5.92 Å². The molecule has 160 valence electrons. The highest BCUT2D eigenvalue weighted by Gasteiger charge is 2.30. The molecule has 1 aliphatic rings. The summed E-state index contributed by atoms with van der Waals surface area (Å²) in [5.41, 5.74) is 0.942. The minimum Gasteiger partial charge on any atom is -0.431 e. The smallest absolute Gasteiger partial charge is 0.302 e. The van der Waals surface area contributed by atoms with Crippen LogP contribution in [0.25, 0.3) is 0 Å². The lowest BCUT2D eigenvalue weighted by atomic mass is 10.3. The Kier molecular flexibility index (Phi) is 5.38. The SMILES string of the molecule is Cc1ccnc(NS(=O)(=O)c2ccc(NC(=O)c3coc(NC(=O)C4CC4)n3)cc2)n1. The number of sulfonamides is 1. The zero-order valence-corrected chi connectivity index (χ0v) is 17.1. The van der Waals surface area contributed by atoms with Gasteiger partial charge in [-0.15, -0.1) is 0 Å². The van der Waals surface area contributed by atoms with Crippen molar-refractivity contribution in [2.45, 2.75) is 24.7 Å². The molecule has 1 saturated carbocycles. The number of carbonyl (C=O) groups is 2. The largest absolute Gasteiger partial charge is 0.431 e. The van der Waals surface area contributed by atoms with Gasteiger partial charge in [0.2, 0.25) is 11.9 Å². The average molecular weight is 442 g/mol. The summed E-state index contributed by atoms with van der Waals surface area (Å²) in [5.74, 6) is -0.813. The molecule has 0 unspecified atom stereocenters. The molecule has 4 rings (SSSR count). The predicted molar refractivity (Wildman–Crippen MR) is 110 cm³/mol. The Morgan fingerprint density at radius 1 is 1.06 bits per heavy atom. The highest BCUT2D eigenvalue weighted by atomic mass is 32.2. The van der Waals surface area contributed by atoms with Crippen LogP contribution in [0.3, 0.4) is 0 Å². The van der Waals surface area contributed by atoms with E-state index in [1.165, 1.54) is 30.5 Å². The molecule has 3 aromatic rings. The van der Waals surface area contributed by atoms with Crippen molar-refractivity contribution in [2.75, 3.05) is 15.4 Å². The molecule has 0 spiro atoms. The van der Waals surface area contributed by atoms with Crippen LogP contribution in [-0.4, -0.2) is 35.2 Å². The molecule has 1 aliphatic carbocycles. The summed E-state index contributed by atoms with van der Waals surface area (Å²) in [5, 5.41) is 5.09. The molecule has 31 heavy (non-hydrogen) atoms. The number of oxazole rings is 1. The molecule has 1 fully saturated rings. The van der Waals surface area contributed by atoms with E-state index >= 15 is 0 Å². The summed E-state index contributed by atoms with van der Waals surface area (Å²) >= 11 is 0. The van der Waals surface area contributed by atoms with Crippen molar-refractivity contribution >= 4 is 39.5 Å². The van der Waals surface area contributed by atoms with Gasteiger partial charge in [-0.2, -0.15) is 4.98 Å². The minimum absolute atomic E-state index is 0.0223. The van der Waals surface area contributed by atoms with Gasteiger partial charge in [0.1, 0.15) is 6.26 Å². The number of amides is 2. The van der Waals surface area contributed by atoms with Gasteiger partial charge < -0.3 is 9.73 Å². The molecule has 11 nitrogen and oxygen atoms in total. The van der Waals surface area contributed by atoms with Crippen LogP contribution in [0, 0.1) is 12.8 Å². The normalized spacial score (nSPS) is 13.5. The lowest BCUT2D eigenvalue weighted by molar-refractivity contribution is -0.117. The van der Waals surface area contributed by atoms with Crippen molar-refractivity contribution in [3.8, 4) is 0 Å². The zero-order chi connectivity index (χ0) is 22.0. The Morgan fingerprint density at radius 2 is 1.81 bits per heavy atom. The highest BCUT2D eigenvalue weighted by Crippen LogP contribution is 2.30. The fourth-order valence-electron chi connectivity index (χ4n) is 2.58. The molecular weight excluding hydrogens is 424 g/mol. The van der Waals surface area contributed by atoms with E-state index in [0.29, 0.717) is 11.4 Å². The second-order valence-corrected chi connectivity index (χ2v) is 8.59. The standard InChI is InChI=1S/C19H18N6O5S/c1-11-8-9-20-18(21-11)25-31(28,29)14-6-4-13(5-7-14)22-17(27)15-10-30-19(23-15)24-16(26)12-2-3-12/h4-10,12H,2-3H2,1H3,(H,22,27)(H,20,21,25)(H,23,24,26). The monoisotopic (exact) mass is 442 g/mol. The maximum atomic E-state index is 12.5. The minimum atomic E-state index is -3.89.